The van der Waals surface area contributed by atoms with Gasteiger partial charge in [-0.2, -0.15) is 0 Å². The van der Waals surface area contributed by atoms with Crippen molar-refractivity contribution in [2.75, 3.05) is 12.3 Å². The van der Waals surface area contributed by atoms with E-state index in [4.69, 9.17) is 0 Å². The van der Waals surface area contributed by atoms with Gasteiger partial charge in [0.1, 0.15) is 0 Å². The number of allylic oxidation sites excluding steroid dienone is 2. The van der Waals surface area contributed by atoms with Crippen LogP contribution in [0.3, 0.4) is 0 Å². The molecule has 2 aliphatic rings. The van der Waals surface area contributed by atoms with E-state index in [0.717, 1.165) is 6.54 Å². The third-order valence-corrected chi connectivity index (χ3v) is 3.69. The van der Waals surface area contributed by atoms with Crippen LogP contribution < -0.4 is 5.32 Å². The van der Waals surface area contributed by atoms with Gasteiger partial charge in [-0.25, -0.2) is 0 Å². The van der Waals surface area contributed by atoms with E-state index in [0.29, 0.717) is 11.8 Å². The Morgan fingerprint density at radius 2 is 2.08 bits per heavy atom. The lowest BCUT2D eigenvalue weighted by Gasteiger charge is -2.28. The van der Waals surface area contributed by atoms with Crippen LogP contribution in [0.15, 0.2) is 22.8 Å². The van der Waals surface area contributed by atoms with Crippen LogP contribution in [0.4, 0.5) is 0 Å². The standard InChI is InChI=1S/C10H15NS/c1-7-5-9-10(6-8(7)2)12-4-3-11-9/h5-8,11H,3-4H2,1-2H3. The highest BCUT2D eigenvalue weighted by atomic mass is 32.2. The number of hydrogen-bond donors (Lipinski definition) is 1. The lowest BCUT2D eigenvalue weighted by atomic mass is 9.90. The molecule has 0 saturated carbocycles. The van der Waals surface area contributed by atoms with Crippen LogP contribution in [0.2, 0.25) is 0 Å². The van der Waals surface area contributed by atoms with Gasteiger partial charge in [0.2, 0.25) is 0 Å². The molecule has 0 radical (unpaired) electrons. The fraction of sp³-hybridized carbons (Fsp3) is 0.600. The summed E-state index contributed by atoms with van der Waals surface area (Å²) < 4.78 is 0. The van der Waals surface area contributed by atoms with Crippen LogP contribution >= 0.6 is 11.8 Å². The second-order valence-electron chi connectivity index (χ2n) is 3.60. The summed E-state index contributed by atoms with van der Waals surface area (Å²) in [5, 5.41) is 3.44. The first-order valence-electron chi connectivity index (χ1n) is 4.58. The van der Waals surface area contributed by atoms with Crippen LogP contribution in [0.25, 0.3) is 0 Å². The first kappa shape index (κ1) is 8.24. The maximum atomic E-state index is 3.44. The van der Waals surface area contributed by atoms with Crippen molar-refractivity contribution >= 4 is 11.8 Å². The van der Waals surface area contributed by atoms with Crippen molar-refractivity contribution in [3.05, 3.63) is 22.8 Å². The van der Waals surface area contributed by atoms with Crippen molar-refractivity contribution < 1.29 is 0 Å². The van der Waals surface area contributed by atoms with Crippen molar-refractivity contribution in [1.82, 2.24) is 5.32 Å². The lowest BCUT2D eigenvalue weighted by molar-refractivity contribution is 0.540. The third-order valence-electron chi connectivity index (χ3n) is 2.61. The second kappa shape index (κ2) is 3.17. The molecule has 0 spiro atoms. The Labute approximate surface area is 78.3 Å². The van der Waals surface area contributed by atoms with E-state index in [1.54, 1.807) is 0 Å². The van der Waals surface area contributed by atoms with Gasteiger partial charge in [-0.05, 0) is 11.8 Å². The number of rotatable bonds is 0. The molecule has 1 aliphatic carbocycles. The van der Waals surface area contributed by atoms with Gasteiger partial charge in [0, 0.05) is 22.9 Å². The topological polar surface area (TPSA) is 12.0 Å². The Hall–Kier alpha value is -0.370. The molecule has 1 nitrogen and oxygen atoms in total. The monoisotopic (exact) mass is 181 g/mol. The molecule has 0 aromatic rings. The summed E-state index contributed by atoms with van der Waals surface area (Å²) in [6, 6.07) is 0. The van der Waals surface area contributed by atoms with Crippen molar-refractivity contribution in [1.29, 1.82) is 0 Å². The molecule has 1 heterocycles. The van der Waals surface area contributed by atoms with Crippen LogP contribution in [0, 0.1) is 11.8 Å². The number of hydrogen-bond acceptors (Lipinski definition) is 2. The molecule has 0 bridgehead atoms. The van der Waals surface area contributed by atoms with Gasteiger partial charge in [-0.15, -0.1) is 11.8 Å². The summed E-state index contributed by atoms with van der Waals surface area (Å²) in [6.07, 6.45) is 4.77. The Morgan fingerprint density at radius 1 is 1.33 bits per heavy atom. The summed E-state index contributed by atoms with van der Waals surface area (Å²) in [6.45, 7) is 5.70. The molecule has 1 fully saturated rings. The van der Waals surface area contributed by atoms with Crippen LogP contribution in [-0.2, 0) is 0 Å². The van der Waals surface area contributed by atoms with Crippen LogP contribution in [-0.4, -0.2) is 12.3 Å². The van der Waals surface area contributed by atoms with E-state index in [1.165, 1.54) is 16.4 Å². The average molecular weight is 181 g/mol. The molecule has 1 N–H and O–H groups in total. The molecule has 12 heavy (non-hydrogen) atoms. The van der Waals surface area contributed by atoms with Crippen LogP contribution in [0.5, 0.6) is 0 Å². The minimum atomic E-state index is 0.690. The van der Waals surface area contributed by atoms with Gasteiger partial charge in [0.15, 0.2) is 0 Å². The number of fused-ring (bicyclic) bond motifs is 1. The molecule has 0 aromatic heterocycles. The van der Waals surface area contributed by atoms with E-state index in [1.807, 2.05) is 11.8 Å². The first-order chi connectivity index (χ1) is 5.77. The zero-order chi connectivity index (χ0) is 8.55. The van der Waals surface area contributed by atoms with Crippen molar-refractivity contribution in [2.45, 2.75) is 13.8 Å². The number of nitrogens with one attached hydrogen (secondary N) is 1. The first-order valence-corrected chi connectivity index (χ1v) is 5.56. The second-order valence-corrected chi connectivity index (χ2v) is 4.74. The van der Waals surface area contributed by atoms with E-state index < -0.39 is 0 Å². The minimum Gasteiger partial charge on any atom is -0.384 e. The van der Waals surface area contributed by atoms with Gasteiger partial charge >= 0.3 is 0 Å². The molecular formula is C10H15NS. The predicted octanol–water partition coefficient (Wildman–Crippen LogP) is 2.38. The summed E-state index contributed by atoms with van der Waals surface area (Å²) in [7, 11) is 0. The highest BCUT2D eigenvalue weighted by Crippen LogP contribution is 2.34. The smallest absolute Gasteiger partial charge is 0.0437 e. The summed E-state index contributed by atoms with van der Waals surface area (Å²) in [4.78, 5) is 1.46. The minimum absolute atomic E-state index is 0.690. The summed E-state index contributed by atoms with van der Waals surface area (Å²) >= 11 is 1.98. The van der Waals surface area contributed by atoms with E-state index in [9.17, 15) is 0 Å². The molecule has 66 valence electrons. The lowest BCUT2D eigenvalue weighted by Crippen LogP contribution is -2.26. The van der Waals surface area contributed by atoms with Crippen molar-refractivity contribution in [3.8, 4) is 0 Å². The third kappa shape index (κ3) is 1.40. The molecule has 1 aliphatic heterocycles. The van der Waals surface area contributed by atoms with Gasteiger partial charge < -0.3 is 5.32 Å². The Balaban J connectivity index is 2.23. The molecular weight excluding hydrogens is 166 g/mol. The van der Waals surface area contributed by atoms with Crippen molar-refractivity contribution in [3.63, 3.8) is 0 Å². The normalized spacial score (nSPS) is 34.5. The SMILES string of the molecule is CC1C=C2NCCSC2=CC1C. The molecule has 2 heteroatoms. The Morgan fingerprint density at radius 3 is 2.92 bits per heavy atom. The summed E-state index contributed by atoms with van der Waals surface area (Å²) in [5.74, 6) is 2.61. The Bertz CT molecular complexity index is 216. The molecule has 2 atom stereocenters. The van der Waals surface area contributed by atoms with E-state index in [2.05, 4.69) is 31.3 Å². The maximum absolute atomic E-state index is 3.44. The Kier molecular flexibility index (Phi) is 2.18. The quantitative estimate of drug-likeness (QED) is 0.616. The number of thioether (sulfide) groups is 1. The van der Waals surface area contributed by atoms with Gasteiger partial charge in [0.05, 0.1) is 0 Å². The van der Waals surface area contributed by atoms with Crippen LogP contribution in [0.1, 0.15) is 13.8 Å². The fourth-order valence-electron chi connectivity index (χ4n) is 1.60. The molecule has 0 aromatic carbocycles. The highest BCUT2D eigenvalue weighted by molar-refractivity contribution is 8.03. The van der Waals surface area contributed by atoms with Crippen molar-refractivity contribution in [2.24, 2.45) is 11.8 Å². The molecule has 2 rings (SSSR count). The van der Waals surface area contributed by atoms with Gasteiger partial charge in [-0.1, -0.05) is 26.0 Å². The molecule has 2 unspecified atom stereocenters. The average Bonchev–Trinajstić information content (AvgIpc) is 2.07. The summed E-state index contributed by atoms with van der Waals surface area (Å²) in [5.41, 5.74) is 1.37. The highest BCUT2D eigenvalue weighted by Gasteiger charge is 2.20. The largest absolute Gasteiger partial charge is 0.384 e. The van der Waals surface area contributed by atoms with Gasteiger partial charge in [-0.3, -0.25) is 0 Å². The van der Waals surface area contributed by atoms with E-state index >= 15 is 0 Å². The van der Waals surface area contributed by atoms with Gasteiger partial charge in [0.25, 0.3) is 0 Å². The predicted molar refractivity (Wildman–Crippen MR) is 55.0 cm³/mol. The molecule has 1 saturated heterocycles. The maximum Gasteiger partial charge on any atom is 0.0437 e. The van der Waals surface area contributed by atoms with E-state index in [-0.39, 0.29) is 0 Å². The zero-order valence-corrected chi connectivity index (χ0v) is 8.45. The molecule has 0 amide bonds. The zero-order valence-electron chi connectivity index (χ0n) is 7.63. The fourth-order valence-corrected chi connectivity index (χ4v) is 2.63.